The van der Waals surface area contributed by atoms with Gasteiger partial charge in [0.25, 0.3) is 0 Å². The molecule has 2 aromatic heterocycles. The van der Waals surface area contributed by atoms with E-state index in [2.05, 4.69) is 65.6 Å². The number of fused-ring (bicyclic) bond motifs is 1. The van der Waals surface area contributed by atoms with E-state index in [9.17, 15) is 57.9 Å². The Kier molecular flexibility index (Phi) is 24.9. The molecule has 1 aliphatic rings. The molecule has 2 amide bonds. The summed E-state index contributed by atoms with van der Waals surface area (Å²) in [4.78, 5) is 88.3. The van der Waals surface area contributed by atoms with E-state index in [0.29, 0.717) is 12.2 Å². The number of hydrogen-bond acceptors (Lipinski definition) is 18. The SMILES string of the molecule is CCCCC/C=C\C/C=C\CCCCCCCC(=O)SCCNC(=O)CCNC(=O)[C@H](O)C(C)(C)COP(=O)(O)OP(=O)(O)OC[C@H]1O[C@@H](n2cnc3c(N)ncnc32)C(O)C1OP(=O)(O)O. The number of carbonyl (C=O) groups excluding carboxylic acids is 3. The number of carbonyl (C=O) groups is 3. The summed E-state index contributed by atoms with van der Waals surface area (Å²) in [6.07, 6.45) is 14.6. The number of phosphoric acid groups is 3. The van der Waals surface area contributed by atoms with Crippen molar-refractivity contribution in [2.75, 3.05) is 37.8 Å². The number of nitrogens with zero attached hydrogens (tertiary/aromatic N) is 4. The smallest absolute Gasteiger partial charge is 0.386 e. The fraction of sp³-hybridized carbons (Fsp3) is 0.692. The van der Waals surface area contributed by atoms with Crippen molar-refractivity contribution < 1.29 is 80.5 Å². The van der Waals surface area contributed by atoms with Crippen LogP contribution in [-0.2, 0) is 50.7 Å². The molecule has 0 aromatic carbocycles. The molecule has 10 N–H and O–H groups in total. The second-order valence-electron chi connectivity index (χ2n) is 16.3. The van der Waals surface area contributed by atoms with E-state index in [1.807, 2.05) is 0 Å². The summed E-state index contributed by atoms with van der Waals surface area (Å²) in [5.74, 6) is -1.04. The molecule has 1 fully saturated rings. The van der Waals surface area contributed by atoms with Crippen molar-refractivity contribution >= 4 is 69.1 Å². The highest BCUT2D eigenvalue weighted by molar-refractivity contribution is 8.13. The summed E-state index contributed by atoms with van der Waals surface area (Å²) in [7, 11) is -16.4. The first-order chi connectivity index (χ1) is 31.6. The number of amides is 2. The Balaban J connectivity index is 1.31. The van der Waals surface area contributed by atoms with Gasteiger partial charge in [-0.25, -0.2) is 28.6 Å². The number of ether oxygens (including phenoxy) is 1. The van der Waals surface area contributed by atoms with Crippen molar-refractivity contribution in [2.24, 2.45) is 5.41 Å². The highest BCUT2D eigenvalue weighted by Gasteiger charge is 2.50. The van der Waals surface area contributed by atoms with Crippen LogP contribution in [0, 0.1) is 5.41 Å². The monoisotopic (exact) mass is 1030 g/mol. The Bertz CT molecular complexity index is 2090. The normalized spacial score (nSPS) is 20.3. The van der Waals surface area contributed by atoms with Crippen LogP contribution in [0.2, 0.25) is 0 Å². The van der Waals surface area contributed by atoms with Crippen molar-refractivity contribution in [3.05, 3.63) is 37.0 Å². The largest absolute Gasteiger partial charge is 0.481 e. The summed E-state index contributed by atoms with van der Waals surface area (Å²) >= 11 is 1.14. The van der Waals surface area contributed by atoms with Gasteiger partial charge in [0.2, 0.25) is 11.8 Å². The van der Waals surface area contributed by atoms with Crippen LogP contribution in [0.15, 0.2) is 37.0 Å². The minimum Gasteiger partial charge on any atom is -0.386 e. The second kappa shape index (κ2) is 28.6. The second-order valence-corrected chi connectivity index (χ2v) is 21.7. The number of phosphoric ester groups is 3. The predicted octanol–water partition coefficient (Wildman–Crippen LogP) is 4.48. The summed E-state index contributed by atoms with van der Waals surface area (Å²) in [6.45, 7) is 2.76. The van der Waals surface area contributed by atoms with Gasteiger partial charge in [-0.2, -0.15) is 4.31 Å². The first-order valence-electron chi connectivity index (χ1n) is 21.9. The number of thioether (sulfide) groups is 1. The van der Waals surface area contributed by atoms with E-state index in [-0.39, 0.29) is 41.6 Å². The molecule has 3 heterocycles. The Morgan fingerprint density at radius 1 is 0.910 bits per heavy atom. The molecule has 0 spiro atoms. The van der Waals surface area contributed by atoms with E-state index in [1.165, 1.54) is 33.1 Å². The van der Waals surface area contributed by atoms with Crippen LogP contribution in [0.4, 0.5) is 5.82 Å². The lowest BCUT2D eigenvalue weighted by atomic mass is 9.87. The molecule has 7 atom stereocenters. The molecule has 0 aliphatic carbocycles. The molecule has 2 aromatic rings. The van der Waals surface area contributed by atoms with Gasteiger partial charge < -0.3 is 50.9 Å². The van der Waals surface area contributed by atoms with Crippen molar-refractivity contribution in [3.63, 3.8) is 0 Å². The average molecular weight is 1030 g/mol. The molecule has 380 valence electrons. The van der Waals surface area contributed by atoms with Crippen LogP contribution in [0.1, 0.15) is 110 Å². The minimum atomic E-state index is -5.58. The number of rotatable bonds is 33. The first kappa shape index (κ1) is 58.4. The Morgan fingerprint density at radius 3 is 2.25 bits per heavy atom. The topological polar surface area (TPSA) is 364 Å². The molecule has 0 saturated carbocycles. The van der Waals surface area contributed by atoms with Gasteiger partial charge in [0.1, 0.15) is 36.3 Å². The van der Waals surface area contributed by atoms with E-state index >= 15 is 0 Å². The number of aliphatic hydroxyl groups excluding tert-OH is 2. The van der Waals surface area contributed by atoms with Gasteiger partial charge in [-0.3, -0.25) is 32.5 Å². The number of nitrogens with one attached hydrogen (secondary N) is 2. The van der Waals surface area contributed by atoms with E-state index in [0.717, 1.165) is 80.4 Å². The van der Waals surface area contributed by atoms with E-state index < -0.39 is 84.6 Å². The zero-order valence-electron chi connectivity index (χ0n) is 37.9. The summed E-state index contributed by atoms with van der Waals surface area (Å²) < 4.78 is 62.4. The lowest BCUT2D eigenvalue weighted by Gasteiger charge is -2.30. The number of nitrogens with two attached hydrogens (primary N) is 1. The van der Waals surface area contributed by atoms with Crippen LogP contribution in [0.5, 0.6) is 0 Å². The number of aromatic nitrogens is 4. The third-order valence-corrected chi connectivity index (χ3v) is 14.1. The van der Waals surface area contributed by atoms with Crippen molar-refractivity contribution in [3.8, 4) is 0 Å². The van der Waals surface area contributed by atoms with Crippen LogP contribution >= 0.6 is 35.2 Å². The quantitative estimate of drug-likeness (QED) is 0.0270. The van der Waals surface area contributed by atoms with Crippen molar-refractivity contribution in [2.45, 2.75) is 135 Å². The molecule has 28 heteroatoms. The van der Waals surface area contributed by atoms with Crippen LogP contribution in [0.25, 0.3) is 11.2 Å². The van der Waals surface area contributed by atoms with Crippen molar-refractivity contribution in [1.29, 1.82) is 0 Å². The highest BCUT2D eigenvalue weighted by atomic mass is 32.2. The predicted molar refractivity (Wildman–Crippen MR) is 246 cm³/mol. The third kappa shape index (κ3) is 21.7. The maximum Gasteiger partial charge on any atom is 0.481 e. The van der Waals surface area contributed by atoms with Gasteiger partial charge >= 0.3 is 23.5 Å². The van der Waals surface area contributed by atoms with Crippen molar-refractivity contribution in [1.82, 2.24) is 30.2 Å². The molecular weight excluding hydrogens is 963 g/mol. The molecule has 67 heavy (non-hydrogen) atoms. The number of allylic oxidation sites excluding steroid dienone is 4. The standard InChI is InChI=1S/C39H66N7O17P3S/c1-4-5-6-7-8-9-10-11-12-13-14-15-16-17-18-19-30(48)67-23-22-41-29(47)20-21-42-37(51)34(50)39(2,3)25-60-66(57,58)63-65(55,56)59-24-28-33(62-64(52,53)54)32(49)38(61-28)46-27-45-31-35(40)43-26-44-36(31)46/h8-9,11-12,26-28,32-34,38,49-50H,4-7,10,13-25H2,1-3H3,(H,41,47)(H,42,51)(H,55,56)(H,57,58)(H2,40,43,44)(H2,52,53,54)/b9-8-,12-11-/t28-,32?,33?,34+,38-/m1/s1. The first-order valence-corrected chi connectivity index (χ1v) is 27.4. The fourth-order valence-corrected chi connectivity index (χ4v) is 10.00. The molecule has 4 unspecified atom stereocenters. The number of unbranched alkanes of at least 4 members (excludes halogenated alkanes) is 8. The average Bonchev–Trinajstić information content (AvgIpc) is 3.81. The lowest BCUT2D eigenvalue weighted by Crippen LogP contribution is -2.46. The third-order valence-electron chi connectivity index (χ3n) is 10.1. The molecule has 3 rings (SSSR count). The molecule has 1 saturated heterocycles. The van der Waals surface area contributed by atoms with Gasteiger partial charge in [-0.1, -0.05) is 88.9 Å². The molecular formula is C39H66N7O17P3S. The van der Waals surface area contributed by atoms with Crippen LogP contribution in [0.3, 0.4) is 0 Å². The van der Waals surface area contributed by atoms with Gasteiger partial charge in [0, 0.05) is 37.1 Å². The zero-order valence-corrected chi connectivity index (χ0v) is 41.4. The number of aliphatic hydroxyl groups is 2. The van der Waals surface area contributed by atoms with Gasteiger partial charge in [0.15, 0.2) is 22.8 Å². The highest BCUT2D eigenvalue weighted by Crippen LogP contribution is 2.61. The molecule has 24 nitrogen and oxygen atoms in total. The van der Waals surface area contributed by atoms with E-state index in [1.54, 1.807) is 0 Å². The molecule has 1 aliphatic heterocycles. The minimum absolute atomic E-state index is 0.0323. The maximum absolute atomic E-state index is 12.7. The van der Waals surface area contributed by atoms with Gasteiger partial charge in [0.05, 0.1) is 19.5 Å². The molecule has 0 bridgehead atoms. The number of imidazole rings is 1. The van der Waals surface area contributed by atoms with Gasteiger partial charge in [-0.05, 0) is 38.5 Å². The maximum atomic E-state index is 12.7. The Hall–Kier alpha value is -2.96. The van der Waals surface area contributed by atoms with E-state index in [4.69, 9.17) is 19.5 Å². The fourth-order valence-electron chi connectivity index (χ4n) is 6.45. The number of nitrogen functional groups attached to an aromatic ring is 1. The number of anilines is 1. The Labute approximate surface area is 393 Å². The summed E-state index contributed by atoms with van der Waals surface area (Å²) in [6, 6.07) is 0. The summed E-state index contributed by atoms with van der Waals surface area (Å²) in [5.41, 5.74) is 4.28. The summed E-state index contributed by atoms with van der Waals surface area (Å²) in [5, 5.41) is 26.6. The molecule has 0 radical (unpaired) electrons. The Morgan fingerprint density at radius 2 is 1.57 bits per heavy atom. The zero-order chi connectivity index (χ0) is 49.7. The van der Waals surface area contributed by atoms with Crippen LogP contribution in [-0.4, -0.2) is 123 Å². The number of hydrogen-bond donors (Lipinski definition) is 9. The van der Waals surface area contributed by atoms with Crippen LogP contribution < -0.4 is 16.4 Å². The van der Waals surface area contributed by atoms with Gasteiger partial charge in [-0.15, -0.1) is 0 Å². The lowest BCUT2D eigenvalue weighted by molar-refractivity contribution is -0.137.